The summed E-state index contributed by atoms with van der Waals surface area (Å²) in [5, 5.41) is 3.18. The van der Waals surface area contributed by atoms with E-state index >= 15 is 0 Å². The van der Waals surface area contributed by atoms with Gasteiger partial charge < -0.3 is 5.32 Å². The highest BCUT2D eigenvalue weighted by Gasteiger charge is 2.30. The molecule has 21 heavy (non-hydrogen) atoms. The Morgan fingerprint density at radius 3 is 2.67 bits per heavy atom. The van der Waals surface area contributed by atoms with E-state index in [1.807, 2.05) is 0 Å². The molecule has 6 heteroatoms. The Morgan fingerprint density at radius 1 is 1.33 bits per heavy atom. The van der Waals surface area contributed by atoms with E-state index in [1.165, 1.54) is 6.20 Å². The quantitative estimate of drug-likeness (QED) is 0.877. The second kappa shape index (κ2) is 7.22. The summed E-state index contributed by atoms with van der Waals surface area (Å²) in [5.74, 6) is 0.656. The Bertz CT molecular complexity index is 552. The predicted molar refractivity (Wildman–Crippen MR) is 84.8 cm³/mol. The highest BCUT2D eigenvalue weighted by atomic mass is 32.2. The minimum absolute atomic E-state index is 0.299. The third-order valence-electron chi connectivity index (χ3n) is 4.12. The summed E-state index contributed by atoms with van der Waals surface area (Å²) in [6.07, 6.45) is 7.06. The fourth-order valence-electron chi connectivity index (χ4n) is 2.69. The number of hydrogen-bond acceptors (Lipinski definition) is 4. The Kier molecular flexibility index (Phi) is 5.58. The van der Waals surface area contributed by atoms with Gasteiger partial charge in [0, 0.05) is 32.0 Å². The van der Waals surface area contributed by atoms with E-state index in [9.17, 15) is 8.42 Å². The molecule has 2 heterocycles. The van der Waals surface area contributed by atoms with Gasteiger partial charge in [-0.25, -0.2) is 8.42 Å². The summed E-state index contributed by atoms with van der Waals surface area (Å²) in [5.41, 5.74) is 0.657. The van der Waals surface area contributed by atoms with Crippen LogP contribution in [-0.2, 0) is 10.0 Å². The molecule has 118 valence electrons. The molecule has 0 amide bonds. The first-order valence-corrected chi connectivity index (χ1v) is 9.21. The number of sulfonamides is 1. The van der Waals surface area contributed by atoms with Crippen LogP contribution in [0.1, 0.15) is 39.5 Å². The van der Waals surface area contributed by atoms with Crippen molar-refractivity contribution >= 4 is 15.7 Å². The Labute approximate surface area is 127 Å². The van der Waals surface area contributed by atoms with E-state index in [4.69, 9.17) is 0 Å². The standard InChI is InChI=1S/C15H25N3O2S/c1-3-8-17-14-5-9-16-12-15(14)21(19,20)18-10-6-13(4-2)7-11-18/h5,9,12-13H,3-4,6-8,10-11H2,1-2H3,(H,16,17). The molecule has 0 saturated carbocycles. The molecule has 1 N–H and O–H groups in total. The molecule has 1 fully saturated rings. The molecular formula is C15H25N3O2S. The van der Waals surface area contributed by atoms with Crippen molar-refractivity contribution in [3.8, 4) is 0 Å². The molecule has 0 atom stereocenters. The Morgan fingerprint density at radius 2 is 2.05 bits per heavy atom. The second-order valence-corrected chi connectivity index (χ2v) is 7.46. The summed E-state index contributed by atoms with van der Waals surface area (Å²) in [4.78, 5) is 4.30. The van der Waals surface area contributed by atoms with Crippen LogP contribution in [0.25, 0.3) is 0 Å². The molecule has 0 bridgehead atoms. The molecular weight excluding hydrogens is 286 g/mol. The van der Waals surface area contributed by atoms with Gasteiger partial charge in [0.05, 0.1) is 5.69 Å². The minimum Gasteiger partial charge on any atom is -0.384 e. The van der Waals surface area contributed by atoms with Crippen LogP contribution >= 0.6 is 0 Å². The lowest BCUT2D eigenvalue weighted by atomic mass is 9.96. The van der Waals surface area contributed by atoms with Crippen molar-refractivity contribution in [1.29, 1.82) is 0 Å². The summed E-state index contributed by atoms with van der Waals surface area (Å²) in [6.45, 7) is 6.21. The number of pyridine rings is 1. The zero-order valence-corrected chi connectivity index (χ0v) is 13.7. The first kappa shape index (κ1) is 16.2. The van der Waals surface area contributed by atoms with Crippen LogP contribution in [0.5, 0.6) is 0 Å². The van der Waals surface area contributed by atoms with Gasteiger partial charge in [-0.3, -0.25) is 4.98 Å². The monoisotopic (exact) mass is 311 g/mol. The Balaban J connectivity index is 2.20. The van der Waals surface area contributed by atoms with Crippen LogP contribution in [0, 0.1) is 5.92 Å². The molecule has 2 rings (SSSR count). The smallest absolute Gasteiger partial charge is 0.246 e. The SMILES string of the molecule is CCCNc1ccncc1S(=O)(=O)N1CCC(CC)CC1. The fraction of sp³-hybridized carbons (Fsp3) is 0.667. The van der Waals surface area contributed by atoms with Gasteiger partial charge in [0.1, 0.15) is 4.90 Å². The number of hydrogen-bond donors (Lipinski definition) is 1. The first-order valence-electron chi connectivity index (χ1n) is 7.77. The van der Waals surface area contributed by atoms with Crippen molar-refractivity contribution in [2.45, 2.75) is 44.4 Å². The summed E-state index contributed by atoms with van der Waals surface area (Å²) in [6, 6.07) is 1.74. The summed E-state index contributed by atoms with van der Waals surface area (Å²) < 4.78 is 27.2. The van der Waals surface area contributed by atoms with Gasteiger partial charge in [-0.15, -0.1) is 0 Å². The van der Waals surface area contributed by atoms with Crippen molar-refractivity contribution in [3.63, 3.8) is 0 Å². The van der Waals surface area contributed by atoms with Crippen molar-refractivity contribution in [3.05, 3.63) is 18.5 Å². The number of nitrogens with zero attached hydrogens (tertiary/aromatic N) is 2. The van der Waals surface area contributed by atoms with E-state index in [0.717, 1.165) is 32.2 Å². The van der Waals surface area contributed by atoms with Crippen LogP contribution in [0.4, 0.5) is 5.69 Å². The highest BCUT2D eigenvalue weighted by molar-refractivity contribution is 7.89. The van der Waals surface area contributed by atoms with Crippen LogP contribution in [-0.4, -0.2) is 37.3 Å². The number of nitrogens with one attached hydrogen (secondary N) is 1. The van der Waals surface area contributed by atoms with Crippen molar-refractivity contribution < 1.29 is 8.42 Å². The van der Waals surface area contributed by atoms with E-state index in [0.29, 0.717) is 29.6 Å². The first-order chi connectivity index (χ1) is 10.1. The highest BCUT2D eigenvalue weighted by Crippen LogP contribution is 2.28. The van der Waals surface area contributed by atoms with Crippen molar-refractivity contribution in [1.82, 2.24) is 9.29 Å². The summed E-state index contributed by atoms with van der Waals surface area (Å²) in [7, 11) is -3.45. The number of aromatic nitrogens is 1. The second-order valence-electron chi connectivity index (χ2n) is 5.55. The van der Waals surface area contributed by atoms with Crippen LogP contribution < -0.4 is 5.32 Å². The maximum atomic E-state index is 12.8. The largest absolute Gasteiger partial charge is 0.384 e. The molecule has 0 aliphatic carbocycles. The van der Waals surface area contributed by atoms with Gasteiger partial charge in [-0.1, -0.05) is 20.3 Å². The maximum absolute atomic E-state index is 12.8. The lowest BCUT2D eigenvalue weighted by Gasteiger charge is -2.31. The van der Waals surface area contributed by atoms with Gasteiger partial charge in [0.25, 0.3) is 0 Å². The van der Waals surface area contributed by atoms with Gasteiger partial charge in [0.2, 0.25) is 10.0 Å². The average Bonchev–Trinajstić information content (AvgIpc) is 2.53. The summed E-state index contributed by atoms with van der Waals surface area (Å²) >= 11 is 0. The zero-order valence-electron chi connectivity index (χ0n) is 12.9. The fourth-order valence-corrected chi connectivity index (χ4v) is 4.27. The molecule has 1 aliphatic heterocycles. The predicted octanol–water partition coefficient (Wildman–Crippen LogP) is 2.71. The molecule has 1 aromatic rings. The molecule has 1 aromatic heterocycles. The molecule has 0 spiro atoms. The van der Waals surface area contributed by atoms with E-state index in [2.05, 4.69) is 24.1 Å². The minimum atomic E-state index is -3.45. The van der Waals surface area contributed by atoms with Crippen LogP contribution in [0.3, 0.4) is 0 Å². The molecule has 0 unspecified atom stereocenters. The van der Waals surface area contributed by atoms with Gasteiger partial charge >= 0.3 is 0 Å². The average molecular weight is 311 g/mol. The topological polar surface area (TPSA) is 62.3 Å². The number of anilines is 1. The van der Waals surface area contributed by atoms with Crippen LogP contribution in [0.15, 0.2) is 23.4 Å². The lowest BCUT2D eigenvalue weighted by Crippen LogP contribution is -2.38. The van der Waals surface area contributed by atoms with Crippen molar-refractivity contribution in [2.24, 2.45) is 5.92 Å². The molecule has 5 nitrogen and oxygen atoms in total. The van der Waals surface area contributed by atoms with Crippen LogP contribution in [0.2, 0.25) is 0 Å². The zero-order chi connectivity index (χ0) is 15.3. The Hall–Kier alpha value is -1.14. The third-order valence-corrected chi connectivity index (χ3v) is 6.04. The molecule has 1 saturated heterocycles. The van der Waals surface area contributed by atoms with E-state index in [-0.39, 0.29) is 0 Å². The van der Waals surface area contributed by atoms with E-state index < -0.39 is 10.0 Å². The normalized spacial score (nSPS) is 17.8. The van der Waals surface area contributed by atoms with E-state index in [1.54, 1.807) is 16.6 Å². The lowest BCUT2D eigenvalue weighted by molar-refractivity contribution is 0.269. The van der Waals surface area contributed by atoms with Crippen molar-refractivity contribution in [2.75, 3.05) is 25.0 Å². The van der Waals surface area contributed by atoms with Gasteiger partial charge in [0.15, 0.2) is 0 Å². The number of piperidine rings is 1. The maximum Gasteiger partial charge on any atom is 0.246 e. The van der Waals surface area contributed by atoms with Gasteiger partial charge in [-0.2, -0.15) is 4.31 Å². The molecule has 1 aliphatic rings. The molecule has 0 aromatic carbocycles. The van der Waals surface area contributed by atoms with Gasteiger partial charge in [-0.05, 0) is 31.2 Å². The molecule has 0 radical (unpaired) electrons. The number of rotatable bonds is 6. The third kappa shape index (κ3) is 3.74.